The van der Waals surface area contributed by atoms with Gasteiger partial charge in [-0.1, -0.05) is 0 Å². The van der Waals surface area contributed by atoms with E-state index in [9.17, 15) is 9.59 Å². The summed E-state index contributed by atoms with van der Waals surface area (Å²) in [6.45, 7) is 3.62. The van der Waals surface area contributed by atoms with Gasteiger partial charge in [-0.15, -0.1) is 0 Å². The highest BCUT2D eigenvalue weighted by Crippen LogP contribution is 2.39. The van der Waals surface area contributed by atoms with E-state index in [2.05, 4.69) is 0 Å². The van der Waals surface area contributed by atoms with Crippen molar-refractivity contribution < 1.29 is 28.5 Å². The van der Waals surface area contributed by atoms with Crippen molar-refractivity contribution in [3.8, 4) is 0 Å². The van der Waals surface area contributed by atoms with Crippen LogP contribution in [0.1, 0.15) is 13.8 Å². The van der Waals surface area contributed by atoms with E-state index in [4.69, 9.17) is 18.9 Å². The predicted octanol–water partition coefficient (Wildman–Crippen LogP) is -0.116. The summed E-state index contributed by atoms with van der Waals surface area (Å²) in [6.07, 6.45) is -1.36. The SMILES string of the molecule is CN1C(=O)O[C@H]2C(=O)[C@@]3(COC(C)(C)O3)OC[C@H]21. The summed E-state index contributed by atoms with van der Waals surface area (Å²) in [4.78, 5) is 25.2. The highest BCUT2D eigenvalue weighted by atomic mass is 16.8. The van der Waals surface area contributed by atoms with E-state index in [0.717, 1.165) is 0 Å². The first-order chi connectivity index (χ1) is 8.35. The van der Waals surface area contributed by atoms with Crippen LogP contribution in [-0.4, -0.2) is 60.8 Å². The molecule has 3 rings (SSSR count). The average molecular weight is 257 g/mol. The third-order valence-electron chi connectivity index (χ3n) is 3.50. The fraction of sp³-hybridized carbons (Fsp3) is 0.818. The second-order valence-electron chi connectivity index (χ2n) is 5.20. The van der Waals surface area contributed by atoms with Crippen LogP contribution in [0.3, 0.4) is 0 Å². The number of ether oxygens (including phenoxy) is 4. The average Bonchev–Trinajstić information content (AvgIpc) is 2.75. The molecule has 0 N–H and O–H groups in total. The number of amides is 1. The number of ketones is 1. The standard InChI is InChI=1S/C11H15NO6/c1-10(2)16-5-11(18-10)8(13)7-6(4-15-11)12(3)9(14)17-7/h6-7H,4-5H2,1-3H3/t6-,7-,11+/m1/s1. The summed E-state index contributed by atoms with van der Waals surface area (Å²) in [5.41, 5.74) is 0. The van der Waals surface area contributed by atoms with Gasteiger partial charge in [0.25, 0.3) is 5.79 Å². The first kappa shape index (κ1) is 11.9. The molecule has 3 aliphatic heterocycles. The summed E-state index contributed by atoms with van der Waals surface area (Å²) in [5.74, 6) is -2.70. The Morgan fingerprint density at radius 1 is 1.28 bits per heavy atom. The molecule has 0 radical (unpaired) electrons. The molecule has 3 atom stereocenters. The summed E-state index contributed by atoms with van der Waals surface area (Å²) < 4.78 is 21.6. The molecule has 0 saturated carbocycles. The molecule has 100 valence electrons. The van der Waals surface area contributed by atoms with Crippen molar-refractivity contribution in [2.45, 2.75) is 37.6 Å². The van der Waals surface area contributed by atoms with Crippen molar-refractivity contribution in [1.82, 2.24) is 4.90 Å². The molecule has 7 heteroatoms. The number of nitrogens with zero attached hydrogens (tertiary/aromatic N) is 1. The van der Waals surface area contributed by atoms with Gasteiger partial charge in [0.05, 0.1) is 6.61 Å². The summed E-state index contributed by atoms with van der Waals surface area (Å²) in [6, 6.07) is -0.386. The van der Waals surface area contributed by atoms with E-state index in [0.29, 0.717) is 0 Å². The normalized spacial score (nSPS) is 42.3. The Morgan fingerprint density at radius 3 is 2.61 bits per heavy atom. The van der Waals surface area contributed by atoms with Gasteiger partial charge >= 0.3 is 6.09 Å². The molecular weight excluding hydrogens is 242 g/mol. The van der Waals surface area contributed by atoms with Gasteiger partial charge in [0, 0.05) is 7.05 Å². The van der Waals surface area contributed by atoms with E-state index < -0.39 is 23.8 Å². The molecule has 3 heterocycles. The number of hydrogen-bond donors (Lipinski definition) is 0. The Morgan fingerprint density at radius 2 is 2.00 bits per heavy atom. The molecule has 0 aliphatic carbocycles. The van der Waals surface area contributed by atoms with Gasteiger partial charge in [-0.25, -0.2) is 4.79 Å². The van der Waals surface area contributed by atoms with E-state index in [1.54, 1.807) is 20.9 Å². The molecule has 3 saturated heterocycles. The zero-order valence-electron chi connectivity index (χ0n) is 10.5. The monoisotopic (exact) mass is 257 g/mol. The molecule has 0 aromatic carbocycles. The van der Waals surface area contributed by atoms with Crippen LogP contribution in [-0.2, 0) is 23.7 Å². The van der Waals surface area contributed by atoms with Crippen LogP contribution in [0.5, 0.6) is 0 Å². The molecule has 0 bridgehead atoms. The van der Waals surface area contributed by atoms with Crippen molar-refractivity contribution in [2.75, 3.05) is 20.3 Å². The lowest BCUT2D eigenvalue weighted by atomic mass is 9.97. The topological polar surface area (TPSA) is 74.3 Å². The quantitative estimate of drug-likeness (QED) is 0.602. The van der Waals surface area contributed by atoms with Gasteiger partial charge in [-0.05, 0) is 13.8 Å². The molecule has 0 aromatic rings. The fourth-order valence-corrected chi connectivity index (χ4v) is 2.46. The van der Waals surface area contributed by atoms with E-state index in [1.807, 2.05) is 0 Å². The molecular formula is C11H15NO6. The number of likely N-dealkylation sites (N-methyl/N-ethyl adjacent to an activating group) is 1. The Balaban J connectivity index is 1.87. The van der Waals surface area contributed by atoms with E-state index >= 15 is 0 Å². The predicted molar refractivity (Wildman–Crippen MR) is 56.6 cm³/mol. The van der Waals surface area contributed by atoms with Gasteiger partial charge in [0.2, 0.25) is 5.78 Å². The largest absolute Gasteiger partial charge is 0.435 e. The Bertz CT molecular complexity index is 422. The minimum Gasteiger partial charge on any atom is -0.435 e. The van der Waals surface area contributed by atoms with Gasteiger partial charge in [-0.3, -0.25) is 4.79 Å². The lowest BCUT2D eigenvalue weighted by molar-refractivity contribution is -0.260. The molecule has 0 aromatic heterocycles. The molecule has 3 fully saturated rings. The number of carbonyl (C=O) groups excluding carboxylic acids is 2. The maximum Gasteiger partial charge on any atom is 0.410 e. The minimum absolute atomic E-state index is 0.0172. The van der Waals surface area contributed by atoms with Gasteiger partial charge in [0.15, 0.2) is 11.9 Å². The van der Waals surface area contributed by atoms with Crippen LogP contribution >= 0.6 is 0 Å². The summed E-state index contributed by atoms with van der Waals surface area (Å²) in [5, 5.41) is 0. The third kappa shape index (κ3) is 1.47. The van der Waals surface area contributed by atoms with Crippen LogP contribution in [0.15, 0.2) is 0 Å². The molecule has 7 nitrogen and oxygen atoms in total. The van der Waals surface area contributed by atoms with Gasteiger partial charge < -0.3 is 23.8 Å². The Labute approximate surface area is 104 Å². The highest BCUT2D eigenvalue weighted by Gasteiger charge is 2.62. The van der Waals surface area contributed by atoms with E-state index in [-0.39, 0.29) is 25.0 Å². The number of hydrogen-bond acceptors (Lipinski definition) is 6. The Hall–Kier alpha value is -1.18. The molecule has 0 unspecified atom stereocenters. The summed E-state index contributed by atoms with van der Waals surface area (Å²) >= 11 is 0. The number of carbonyl (C=O) groups is 2. The van der Waals surface area contributed by atoms with Crippen LogP contribution in [0.2, 0.25) is 0 Å². The molecule has 18 heavy (non-hydrogen) atoms. The molecule has 3 aliphatic rings. The van der Waals surface area contributed by atoms with Gasteiger partial charge in [-0.2, -0.15) is 0 Å². The van der Waals surface area contributed by atoms with Crippen molar-refractivity contribution >= 4 is 11.9 Å². The molecule has 1 amide bonds. The van der Waals surface area contributed by atoms with Crippen molar-refractivity contribution in [1.29, 1.82) is 0 Å². The maximum absolute atomic E-state index is 12.4. The van der Waals surface area contributed by atoms with Crippen LogP contribution in [0, 0.1) is 0 Å². The summed E-state index contributed by atoms with van der Waals surface area (Å²) in [7, 11) is 1.58. The first-order valence-corrected chi connectivity index (χ1v) is 5.80. The maximum atomic E-state index is 12.4. The Kier molecular flexibility index (Phi) is 2.27. The zero-order chi connectivity index (χ0) is 13.1. The number of Topliss-reactive ketones (excluding diaryl/α,β-unsaturated/α-hetero) is 1. The first-order valence-electron chi connectivity index (χ1n) is 5.80. The van der Waals surface area contributed by atoms with E-state index in [1.165, 1.54) is 4.90 Å². The fourth-order valence-electron chi connectivity index (χ4n) is 2.46. The van der Waals surface area contributed by atoms with Crippen LogP contribution in [0.25, 0.3) is 0 Å². The van der Waals surface area contributed by atoms with Crippen LogP contribution in [0.4, 0.5) is 4.79 Å². The highest BCUT2D eigenvalue weighted by molar-refractivity contribution is 5.95. The number of rotatable bonds is 0. The lowest BCUT2D eigenvalue weighted by Crippen LogP contribution is -2.60. The van der Waals surface area contributed by atoms with Crippen molar-refractivity contribution in [3.63, 3.8) is 0 Å². The minimum atomic E-state index is -1.43. The zero-order valence-corrected chi connectivity index (χ0v) is 10.5. The number of fused-ring (bicyclic) bond motifs is 1. The lowest BCUT2D eigenvalue weighted by Gasteiger charge is -2.36. The van der Waals surface area contributed by atoms with Crippen LogP contribution < -0.4 is 0 Å². The third-order valence-corrected chi connectivity index (χ3v) is 3.50. The van der Waals surface area contributed by atoms with Gasteiger partial charge in [0.1, 0.15) is 12.6 Å². The second-order valence-corrected chi connectivity index (χ2v) is 5.20. The smallest absolute Gasteiger partial charge is 0.410 e. The van der Waals surface area contributed by atoms with Crippen molar-refractivity contribution in [2.24, 2.45) is 0 Å². The van der Waals surface area contributed by atoms with Crippen molar-refractivity contribution in [3.05, 3.63) is 0 Å². The molecule has 1 spiro atoms. The second kappa shape index (κ2) is 3.43.